The summed E-state index contributed by atoms with van der Waals surface area (Å²) in [5.74, 6) is 0. The summed E-state index contributed by atoms with van der Waals surface area (Å²) < 4.78 is 60.3. The van der Waals surface area contributed by atoms with Gasteiger partial charge in [0.15, 0.2) is 0 Å². The maximum absolute atomic E-state index is 12.1. The number of nitrogens with zero attached hydrogens (tertiary/aromatic N) is 1. The van der Waals surface area contributed by atoms with E-state index in [2.05, 4.69) is 0 Å². The minimum atomic E-state index is -4.48. The molecule has 0 bridgehead atoms. The third-order valence-electron chi connectivity index (χ3n) is 2.81. The second-order valence-corrected chi connectivity index (χ2v) is 6.50. The van der Waals surface area contributed by atoms with Crippen molar-refractivity contribution in [2.45, 2.75) is 43.5 Å². The molecule has 0 saturated heterocycles. The van der Waals surface area contributed by atoms with Crippen molar-refractivity contribution in [1.29, 1.82) is 0 Å². The average molecular weight is 259 g/mol. The first-order valence-corrected chi connectivity index (χ1v) is 6.76. The Morgan fingerprint density at radius 3 is 2.12 bits per heavy atom. The molecule has 0 heterocycles. The van der Waals surface area contributed by atoms with Crippen molar-refractivity contribution < 1.29 is 21.6 Å². The molecule has 3 nitrogen and oxygen atoms in total. The van der Waals surface area contributed by atoms with Gasteiger partial charge < -0.3 is 0 Å². The van der Waals surface area contributed by atoms with Gasteiger partial charge in [0.2, 0.25) is 10.0 Å². The summed E-state index contributed by atoms with van der Waals surface area (Å²) in [5.41, 5.74) is 0. The van der Waals surface area contributed by atoms with Crippen molar-refractivity contribution >= 4 is 10.0 Å². The number of alkyl halides is 3. The Bertz CT molecular complexity index is 320. The van der Waals surface area contributed by atoms with E-state index in [0.717, 1.165) is 26.3 Å². The van der Waals surface area contributed by atoms with Gasteiger partial charge in [-0.25, -0.2) is 8.42 Å². The Hall–Kier alpha value is -0.300. The van der Waals surface area contributed by atoms with Crippen LogP contribution in [0.4, 0.5) is 13.2 Å². The number of sulfonamides is 1. The lowest BCUT2D eigenvalue weighted by molar-refractivity contribution is -0.134. The minimum Gasteiger partial charge on any atom is -0.212 e. The topological polar surface area (TPSA) is 37.4 Å². The normalized spacial score (nSPS) is 20.3. The molecule has 0 radical (unpaired) electrons. The van der Waals surface area contributed by atoms with Crippen LogP contribution in [0, 0.1) is 0 Å². The Balaban J connectivity index is 2.68. The van der Waals surface area contributed by atoms with Crippen molar-refractivity contribution in [1.82, 2.24) is 4.31 Å². The molecule has 0 atom stereocenters. The van der Waals surface area contributed by atoms with Crippen LogP contribution in [-0.4, -0.2) is 37.7 Å². The van der Waals surface area contributed by atoms with Crippen LogP contribution < -0.4 is 0 Å². The van der Waals surface area contributed by atoms with Crippen molar-refractivity contribution in [3.63, 3.8) is 0 Å². The minimum absolute atomic E-state index is 0.434. The lowest BCUT2D eigenvalue weighted by atomic mass is 10.0. The predicted molar refractivity (Wildman–Crippen MR) is 54.5 cm³/mol. The van der Waals surface area contributed by atoms with Crippen molar-refractivity contribution in [2.24, 2.45) is 0 Å². The summed E-state index contributed by atoms with van der Waals surface area (Å²) >= 11 is 0. The van der Waals surface area contributed by atoms with Crippen LogP contribution in [0.15, 0.2) is 0 Å². The van der Waals surface area contributed by atoms with E-state index < -0.39 is 28.0 Å². The maximum atomic E-state index is 12.1. The summed E-state index contributed by atoms with van der Waals surface area (Å²) in [7, 11) is -2.78. The first kappa shape index (κ1) is 13.8. The summed E-state index contributed by atoms with van der Waals surface area (Å²) in [6.07, 6.45) is -0.992. The predicted octanol–water partition coefficient (Wildman–Crippen LogP) is 2.14. The highest BCUT2D eigenvalue weighted by atomic mass is 32.2. The largest absolute Gasteiger partial charge is 0.402 e. The van der Waals surface area contributed by atoms with Crippen LogP contribution in [0.1, 0.15) is 32.1 Å². The Labute approximate surface area is 93.7 Å². The second-order valence-electron chi connectivity index (χ2n) is 4.18. The molecule has 16 heavy (non-hydrogen) atoms. The highest BCUT2D eigenvalue weighted by Crippen LogP contribution is 2.27. The standard InChI is InChI=1S/C9H16F3NO2S/c1-13(7-9(10,11)12)16(14,15)8-5-3-2-4-6-8/h8H,2-7H2,1H3. The highest BCUT2D eigenvalue weighted by molar-refractivity contribution is 7.89. The van der Waals surface area contributed by atoms with Gasteiger partial charge >= 0.3 is 6.18 Å². The zero-order valence-corrected chi connectivity index (χ0v) is 9.94. The number of hydrogen-bond donors (Lipinski definition) is 0. The lowest BCUT2D eigenvalue weighted by Crippen LogP contribution is -2.41. The molecule has 1 rings (SSSR count). The Morgan fingerprint density at radius 1 is 1.19 bits per heavy atom. The Kier molecular flexibility index (Phi) is 4.23. The van der Waals surface area contributed by atoms with Crippen LogP contribution in [0.2, 0.25) is 0 Å². The first-order valence-electron chi connectivity index (χ1n) is 5.25. The van der Waals surface area contributed by atoms with Crippen LogP contribution >= 0.6 is 0 Å². The SMILES string of the molecule is CN(CC(F)(F)F)S(=O)(=O)C1CCCCC1. The summed E-state index contributed by atoms with van der Waals surface area (Å²) in [6, 6.07) is 0. The molecule has 0 aliphatic heterocycles. The molecule has 0 aromatic rings. The van der Waals surface area contributed by atoms with Crippen LogP contribution in [0.5, 0.6) is 0 Å². The molecule has 1 aliphatic carbocycles. The van der Waals surface area contributed by atoms with E-state index in [1.165, 1.54) is 0 Å². The highest BCUT2D eigenvalue weighted by Gasteiger charge is 2.37. The van der Waals surface area contributed by atoms with Crippen LogP contribution in [-0.2, 0) is 10.0 Å². The van der Waals surface area contributed by atoms with Gasteiger partial charge in [-0.05, 0) is 12.8 Å². The number of hydrogen-bond acceptors (Lipinski definition) is 2. The van der Waals surface area contributed by atoms with E-state index in [1.807, 2.05) is 0 Å². The first-order chi connectivity index (χ1) is 7.23. The van der Waals surface area contributed by atoms with Gasteiger partial charge in [-0.2, -0.15) is 17.5 Å². The molecule has 0 aromatic heterocycles. The molecule has 7 heteroatoms. The summed E-state index contributed by atoms with van der Waals surface area (Å²) in [4.78, 5) is 0. The third kappa shape index (κ3) is 3.62. The molecule has 96 valence electrons. The summed E-state index contributed by atoms with van der Waals surface area (Å²) in [6.45, 7) is -1.40. The fourth-order valence-electron chi connectivity index (χ4n) is 1.96. The van der Waals surface area contributed by atoms with Crippen LogP contribution in [0.3, 0.4) is 0 Å². The Morgan fingerprint density at radius 2 is 1.69 bits per heavy atom. The molecule has 0 amide bonds. The molecule has 1 saturated carbocycles. The van der Waals surface area contributed by atoms with Gasteiger partial charge in [-0.1, -0.05) is 19.3 Å². The lowest BCUT2D eigenvalue weighted by Gasteiger charge is -2.27. The van der Waals surface area contributed by atoms with Gasteiger partial charge in [0.1, 0.15) is 6.54 Å². The van der Waals surface area contributed by atoms with Crippen LogP contribution in [0.25, 0.3) is 0 Å². The van der Waals surface area contributed by atoms with Gasteiger partial charge in [0, 0.05) is 7.05 Å². The molecular formula is C9H16F3NO2S. The second kappa shape index (κ2) is 4.91. The molecule has 1 fully saturated rings. The zero-order chi connectivity index (χ0) is 12.4. The van der Waals surface area contributed by atoms with Gasteiger partial charge in [0.25, 0.3) is 0 Å². The maximum Gasteiger partial charge on any atom is 0.402 e. The molecule has 0 spiro atoms. The van der Waals surface area contributed by atoms with E-state index >= 15 is 0 Å². The molecule has 1 aliphatic rings. The molecular weight excluding hydrogens is 243 g/mol. The zero-order valence-electron chi connectivity index (χ0n) is 9.13. The quantitative estimate of drug-likeness (QED) is 0.778. The van der Waals surface area contributed by atoms with Crippen molar-refractivity contribution in [3.8, 4) is 0 Å². The van der Waals surface area contributed by atoms with Crippen molar-refractivity contribution in [3.05, 3.63) is 0 Å². The van der Waals surface area contributed by atoms with Gasteiger partial charge in [-0.15, -0.1) is 0 Å². The fourth-order valence-corrected chi connectivity index (χ4v) is 3.72. The average Bonchev–Trinajstić information content (AvgIpc) is 2.16. The molecule has 0 aromatic carbocycles. The van der Waals surface area contributed by atoms with E-state index in [-0.39, 0.29) is 0 Å². The summed E-state index contributed by atoms with van der Waals surface area (Å²) in [5, 5.41) is -0.631. The third-order valence-corrected chi connectivity index (χ3v) is 5.12. The van der Waals surface area contributed by atoms with Crippen molar-refractivity contribution in [2.75, 3.05) is 13.6 Å². The van der Waals surface area contributed by atoms with E-state index in [9.17, 15) is 21.6 Å². The van der Waals surface area contributed by atoms with Gasteiger partial charge in [-0.3, -0.25) is 0 Å². The molecule has 0 unspecified atom stereocenters. The molecule has 0 N–H and O–H groups in total. The van der Waals surface area contributed by atoms with E-state index in [0.29, 0.717) is 17.1 Å². The smallest absolute Gasteiger partial charge is 0.212 e. The monoisotopic (exact) mass is 259 g/mol. The number of halogens is 3. The fraction of sp³-hybridized carbons (Fsp3) is 1.00. The number of rotatable bonds is 3. The van der Waals surface area contributed by atoms with E-state index in [1.54, 1.807) is 0 Å². The van der Waals surface area contributed by atoms with Gasteiger partial charge in [0.05, 0.1) is 5.25 Å². The van der Waals surface area contributed by atoms with E-state index in [4.69, 9.17) is 0 Å².